The Morgan fingerprint density at radius 1 is 1.04 bits per heavy atom. The minimum atomic E-state index is -0.0546. The maximum absolute atomic E-state index is 12.8. The lowest BCUT2D eigenvalue weighted by molar-refractivity contribution is 0.122. The van der Waals surface area contributed by atoms with Gasteiger partial charge in [0.05, 0.1) is 19.4 Å². The molecule has 0 atom stereocenters. The number of aromatic nitrogens is 2. The van der Waals surface area contributed by atoms with Crippen LogP contribution >= 0.6 is 0 Å². The van der Waals surface area contributed by atoms with Crippen LogP contribution in [-0.4, -0.2) is 73.4 Å². The van der Waals surface area contributed by atoms with E-state index < -0.39 is 0 Å². The van der Waals surface area contributed by atoms with Gasteiger partial charge in [0.1, 0.15) is 5.82 Å². The van der Waals surface area contributed by atoms with Gasteiger partial charge in [-0.3, -0.25) is 4.98 Å². The first kappa shape index (κ1) is 18.5. The molecule has 0 unspecified atom stereocenters. The number of morpholine rings is 1. The molecule has 8 nitrogen and oxygen atoms in total. The number of urea groups is 1. The highest BCUT2D eigenvalue weighted by molar-refractivity contribution is 5.91. The van der Waals surface area contributed by atoms with E-state index in [9.17, 15) is 4.79 Å². The Morgan fingerprint density at radius 3 is 2.54 bits per heavy atom. The molecule has 2 aromatic rings. The molecule has 2 aliphatic rings. The monoisotopic (exact) mass is 382 g/mol. The number of rotatable bonds is 3. The summed E-state index contributed by atoms with van der Waals surface area (Å²) in [4.78, 5) is 27.5. The van der Waals surface area contributed by atoms with Gasteiger partial charge >= 0.3 is 6.03 Å². The molecule has 1 aromatic heterocycles. The molecule has 148 valence electrons. The third-order valence-electron chi connectivity index (χ3n) is 5.28. The predicted molar refractivity (Wildman–Crippen MR) is 109 cm³/mol. The van der Waals surface area contributed by atoms with E-state index in [1.54, 1.807) is 18.6 Å². The lowest BCUT2D eigenvalue weighted by atomic mass is 10.1. The van der Waals surface area contributed by atoms with Gasteiger partial charge in [-0.05, 0) is 24.6 Å². The second kappa shape index (κ2) is 8.43. The van der Waals surface area contributed by atoms with E-state index in [4.69, 9.17) is 4.74 Å². The highest BCUT2D eigenvalue weighted by atomic mass is 16.5. The third kappa shape index (κ3) is 4.17. The summed E-state index contributed by atoms with van der Waals surface area (Å²) in [5.74, 6) is 0.858. The Bertz CT molecular complexity index is 802. The van der Waals surface area contributed by atoms with Crippen molar-refractivity contribution < 1.29 is 9.53 Å². The molecular weight excluding hydrogens is 356 g/mol. The summed E-state index contributed by atoms with van der Waals surface area (Å²) in [5, 5.41) is 3.10. The summed E-state index contributed by atoms with van der Waals surface area (Å²) in [6.07, 6.45) is 5.12. The number of aryl methyl sites for hydroxylation is 1. The number of nitrogens with one attached hydrogen (secondary N) is 1. The molecule has 1 N–H and O–H groups in total. The molecule has 2 amide bonds. The molecular formula is C20H26N6O2. The van der Waals surface area contributed by atoms with E-state index in [-0.39, 0.29) is 6.03 Å². The van der Waals surface area contributed by atoms with E-state index in [2.05, 4.69) is 43.3 Å². The third-order valence-corrected chi connectivity index (χ3v) is 5.28. The van der Waals surface area contributed by atoms with Gasteiger partial charge in [-0.1, -0.05) is 6.07 Å². The molecule has 28 heavy (non-hydrogen) atoms. The minimum absolute atomic E-state index is 0.0546. The van der Waals surface area contributed by atoms with E-state index in [0.29, 0.717) is 13.1 Å². The van der Waals surface area contributed by atoms with Crippen LogP contribution in [0.2, 0.25) is 0 Å². The summed E-state index contributed by atoms with van der Waals surface area (Å²) < 4.78 is 5.43. The van der Waals surface area contributed by atoms with E-state index in [0.717, 1.165) is 62.1 Å². The van der Waals surface area contributed by atoms with Gasteiger partial charge in [0.25, 0.3) is 0 Å². The number of piperazine rings is 1. The average Bonchev–Trinajstić information content (AvgIpc) is 2.76. The number of carbonyl (C=O) groups excluding carboxylic acids is 1. The Kier molecular flexibility index (Phi) is 5.57. The van der Waals surface area contributed by atoms with Crippen LogP contribution in [0.4, 0.5) is 22.0 Å². The zero-order chi connectivity index (χ0) is 19.3. The van der Waals surface area contributed by atoms with Crippen molar-refractivity contribution in [3.8, 4) is 0 Å². The van der Waals surface area contributed by atoms with Crippen molar-refractivity contribution in [3.63, 3.8) is 0 Å². The van der Waals surface area contributed by atoms with Crippen LogP contribution in [0, 0.1) is 6.92 Å². The van der Waals surface area contributed by atoms with E-state index >= 15 is 0 Å². The molecule has 0 saturated carbocycles. The lowest BCUT2D eigenvalue weighted by Gasteiger charge is -2.35. The number of benzene rings is 1. The topological polar surface area (TPSA) is 73.8 Å². The fraction of sp³-hybridized carbons (Fsp3) is 0.450. The molecule has 1 aromatic carbocycles. The second-order valence-corrected chi connectivity index (χ2v) is 7.07. The quantitative estimate of drug-likeness (QED) is 0.875. The Labute approximate surface area is 165 Å². The van der Waals surface area contributed by atoms with Crippen molar-refractivity contribution in [2.45, 2.75) is 6.92 Å². The molecule has 0 spiro atoms. The zero-order valence-electron chi connectivity index (χ0n) is 16.2. The number of ether oxygens (including phenoxy) is 1. The lowest BCUT2D eigenvalue weighted by Crippen LogP contribution is -2.50. The van der Waals surface area contributed by atoms with Crippen molar-refractivity contribution in [1.82, 2.24) is 14.9 Å². The normalized spacial score (nSPS) is 17.5. The minimum Gasteiger partial charge on any atom is -0.378 e. The van der Waals surface area contributed by atoms with Crippen LogP contribution in [0.3, 0.4) is 0 Å². The summed E-state index contributed by atoms with van der Waals surface area (Å²) in [6.45, 7) is 8.07. The Balaban J connectivity index is 1.37. The largest absolute Gasteiger partial charge is 0.378 e. The molecule has 8 heteroatoms. The van der Waals surface area contributed by atoms with Gasteiger partial charge < -0.3 is 24.8 Å². The molecule has 0 bridgehead atoms. The van der Waals surface area contributed by atoms with Crippen LogP contribution in [-0.2, 0) is 4.74 Å². The van der Waals surface area contributed by atoms with E-state index in [1.807, 2.05) is 11.8 Å². The second-order valence-electron chi connectivity index (χ2n) is 7.07. The van der Waals surface area contributed by atoms with Crippen LogP contribution in [0.1, 0.15) is 5.56 Å². The van der Waals surface area contributed by atoms with E-state index in [1.165, 1.54) is 0 Å². The number of hydrogen-bond acceptors (Lipinski definition) is 6. The number of carbonyl (C=O) groups is 1. The fourth-order valence-corrected chi connectivity index (χ4v) is 3.55. The van der Waals surface area contributed by atoms with Crippen molar-refractivity contribution >= 4 is 23.2 Å². The van der Waals surface area contributed by atoms with Crippen LogP contribution in [0.5, 0.6) is 0 Å². The molecule has 2 fully saturated rings. The molecule has 2 saturated heterocycles. The van der Waals surface area contributed by atoms with Gasteiger partial charge in [0.15, 0.2) is 0 Å². The predicted octanol–water partition coefficient (Wildman–Crippen LogP) is 1.98. The zero-order valence-corrected chi connectivity index (χ0v) is 16.2. The van der Waals surface area contributed by atoms with Crippen molar-refractivity contribution in [2.75, 3.05) is 67.6 Å². The maximum Gasteiger partial charge on any atom is 0.321 e. The number of anilines is 3. The smallest absolute Gasteiger partial charge is 0.321 e. The van der Waals surface area contributed by atoms with Gasteiger partial charge in [0.2, 0.25) is 0 Å². The first-order valence-corrected chi connectivity index (χ1v) is 9.71. The van der Waals surface area contributed by atoms with Crippen molar-refractivity contribution in [1.29, 1.82) is 0 Å². The van der Waals surface area contributed by atoms with Gasteiger partial charge in [-0.15, -0.1) is 0 Å². The number of nitrogens with zero attached hydrogens (tertiary/aromatic N) is 5. The van der Waals surface area contributed by atoms with Crippen LogP contribution in [0.25, 0.3) is 0 Å². The first-order chi connectivity index (χ1) is 13.7. The summed E-state index contributed by atoms with van der Waals surface area (Å²) in [6, 6.07) is 6.18. The van der Waals surface area contributed by atoms with Crippen molar-refractivity contribution in [2.24, 2.45) is 0 Å². The molecule has 3 heterocycles. The van der Waals surface area contributed by atoms with Crippen molar-refractivity contribution in [3.05, 3.63) is 42.4 Å². The van der Waals surface area contributed by atoms with Gasteiger partial charge in [-0.25, -0.2) is 9.78 Å². The highest BCUT2D eigenvalue weighted by Crippen LogP contribution is 2.24. The Morgan fingerprint density at radius 2 is 1.82 bits per heavy atom. The van der Waals surface area contributed by atoms with Gasteiger partial charge in [0, 0.05) is 63.0 Å². The number of hydrogen-bond donors (Lipinski definition) is 1. The van der Waals surface area contributed by atoms with Crippen LogP contribution < -0.4 is 15.1 Å². The summed E-state index contributed by atoms with van der Waals surface area (Å²) >= 11 is 0. The molecule has 0 aliphatic carbocycles. The standard InChI is InChI=1S/C20H26N6O2/c1-16-2-3-17(24-10-12-28-13-11-24)14-18(16)23-20(27)26-8-6-25(7-9-26)19-15-21-4-5-22-19/h2-5,14-15H,6-13H2,1H3,(H,23,27). The number of amides is 2. The first-order valence-electron chi connectivity index (χ1n) is 9.71. The molecule has 4 rings (SSSR count). The SMILES string of the molecule is Cc1ccc(N2CCOCC2)cc1NC(=O)N1CCN(c2cnccn2)CC1. The maximum atomic E-state index is 12.8. The summed E-state index contributed by atoms with van der Waals surface area (Å²) in [5.41, 5.74) is 3.05. The van der Waals surface area contributed by atoms with Crippen LogP contribution in [0.15, 0.2) is 36.8 Å². The fourth-order valence-electron chi connectivity index (χ4n) is 3.55. The average molecular weight is 382 g/mol. The molecule has 2 aliphatic heterocycles. The van der Waals surface area contributed by atoms with Gasteiger partial charge in [-0.2, -0.15) is 0 Å². The molecule has 0 radical (unpaired) electrons. The highest BCUT2D eigenvalue weighted by Gasteiger charge is 2.22. The summed E-state index contributed by atoms with van der Waals surface area (Å²) in [7, 11) is 0. The Hall–Kier alpha value is -2.87.